The topological polar surface area (TPSA) is 253 Å². The van der Waals surface area contributed by atoms with Gasteiger partial charge in [0.05, 0.1) is 92.2 Å². The van der Waals surface area contributed by atoms with Crippen LogP contribution in [0.5, 0.6) is 0 Å². The van der Waals surface area contributed by atoms with Crippen LogP contribution in [0, 0.1) is 52.8 Å². The lowest BCUT2D eigenvalue weighted by molar-refractivity contribution is 0.0952. The smallest absolute Gasteiger partial charge is 0.194 e. The van der Waals surface area contributed by atoms with E-state index < -0.39 is 17.5 Å². The van der Waals surface area contributed by atoms with E-state index in [9.17, 15) is 41.1 Å². The molecule has 8 aromatic heterocycles. The zero-order valence-electron chi connectivity index (χ0n) is 63.2. The quantitative estimate of drug-likeness (QED) is 0.0236. The normalized spacial score (nSPS) is 14.8. The van der Waals surface area contributed by atoms with E-state index in [0.29, 0.717) is 83.1 Å². The number of ketones is 4. The molecule has 116 heavy (non-hydrogen) atoms. The second-order valence-electron chi connectivity index (χ2n) is 29.3. The lowest BCUT2D eigenvalue weighted by Crippen LogP contribution is -2.21. The summed E-state index contributed by atoms with van der Waals surface area (Å²) in [5.41, 5.74) is 34.3. The first-order valence-electron chi connectivity index (χ1n) is 38.2. The number of ether oxygens (including phenoxy) is 1. The van der Waals surface area contributed by atoms with Crippen molar-refractivity contribution < 1.29 is 45.9 Å². The van der Waals surface area contributed by atoms with Crippen LogP contribution in [-0.2, 0) is 75.9 Å². The summed E-state index contributed by atoms with van der Waals surface area (Å²) >= 11 is 32.0. The van der Waals surface area contributed by atoms with Gasteiger partial charge < -0.3 is 27.7 Å². The number of hydrogen-bond donors (Lipinski definition) is 4. The van der Waals surface area contributed by atoms with Crippen molar-refractivity contribution in [3.05, 3.63) is 248 Å². The molecule has 31 heteroatoms. The summed E-state index contributed by atoms with van der Waals surface area (Å²) in [4.78, 5) is 59.4. The van der Waals surface area contributed by atoms with E-state index in [4.69, 9.17) is 62.5 Å². The molecule has 16 rings (SSSR count). The number of nitrogens with two attached hydrogens (primary N) is 4. The fourth-order valence-corrected chi connectivity index (χ4v) is 21.6. The van der Waals surface area contributed by atoms with Crippen LogP contribution >= 0.6 is 112 Å². The van der Waals surface area contributed by atoms with Crippen molar-refractivity contribution >= 4 is 135 Å². The molecule has 5 atom stereocenters. The van der Waals surface area contributed by atoms with Crippen molar-refractivity contribution in [1.29, 1.82) is 0 Å². The van der Waals surface area contributed by atoms with Gasteiger partial charge in [0.1, 0.15) is 11.6 Å². The number of rotatable bonds is 25. The van der Waals surface area contributed by atoms with Crippen LogP contribution in [0.15, 0.2) is 143 Å². The minimum Gasteiger partial charge on any atom is -0.376 e. The van der Waals surface area contributed by atoms with Crippen LogP contribution in [0.2, 0.25) is 15.1 Å². The van der Waals surface area contributed by atoms with Crippen molar-refractivity contribution in [1.82, 2.24) is 39.1 Å². The third kappa shape index (κ3) is 20.5. The molecule has 0 radical (unpaired) electrons. The molecular weight excluding hydrogens is 1760 g/mol. The molecule has 4 aliphatic rings. The number of nitrogens with zero attached hydrogens (tertiary/aromatic N) is 8. The number of halogens is 10. The third-order valence-electron chi connectivity index (χ3n) is 21.1. The Hall–Kier alpha value is -7.52. The van der Waals surface area contributed by atoms with Gasteiger partial charge in [-0.05, 0) is 241 Å². The first-order chi connectivity index (χ1) is 56.0. The molecule has 0 saturated carbocycles. The number of benzene rings is 4. The molecule has 0 amide bonds. The number of carbonyl (C=O) groups excluding carboxylic acids is 4. The molecule has 8 N–H and O–H groups in total. The summed E-state index contributed by atoms with van der Waals surface area (Å²) in [7, 11) is 1.68. The van der Waals surface area contributed by atoms with Gasteiger partial charge in [-0.3, -0.25) is 37.9 Å². The van der Waals surface area contributed by atoms with Gasteiger partial charge >= 0.3 is 0 Å². The van der Waals surface area contributed by atoms with Gasteiger partial charge in [-0.25, -0.2) is 22.0 Å². The van der Waals surface area contributed by atoms with Crippen LogP contribution in [-0.4, -0.2) is 95.5 Å². The number of thiophene rings is 4. The number of aromatic nitrogens is 8. The first-order valence-corrected chi connectivity index (χ1v) is 44.2. The van der Waals surface area contributed by atoms with Crippen LogP contribution in [0.3, 0.4) is 0 Å². The van der Waals surface area contributed by atoms with Gasteiger partial charge in [-0.2, -0.15) is 20.4 Å². The molecule has 4 aromatic carbocycles. The molecule has 12 aromatic rings. The largest absolute Gasteiger partial charge is 0.376 e. The predicted octanol–water partition coefficient (Wildman–Crippen LogP) is 20.1. The maximum atomic E-state index is 14.0. The van der Waals surface area contributed by atoms with Crippen LogP contribution in [0.1, 0.15) is 138 Å². The van der Waals surface area contributed by atoms with Gasteiger partial charge in [-0.1, -0.05) is 77.3 Å². The predicted molar refractivity (Wildman–Crippen MR) is 458 cm³/mol. The Balaban J connectivity index is 0.000000135. The van der Waals surface area contributed by atoms with E-state index in [2.05, 4.69) is 52.3 Å². The molecule has 1 unspecified atom stereocenters. The van der Waals surface area contributed by atoms with Crippen LogP contribution in [0.25, 0.3) is 45.0 Å². The third-order valence-corrected chi connectivity index (χ3v) is 28.0. The lowest BCUT2D eigenvalue weighted by atomic mass is 9.93. The molecule has 0 fully saturated rings. The average molecular weight is 1840 g/mol. The van der Waals surface area contributed by atoms with E-state index in [1.807, 2.05) is 85.6 Å². The van der Waals surface area contributed by atoms with E-state index in [1.54, 1.807) is 60.5 Å². The van der Waals surface area contributed by atoms with Crippen molar-refractivity contribution in [3.8, 4) is 45.0 Å². The van der Waals surface area contributed by atoms with Gasteiger partial charge in [0.25, 0.3) is 0 Å². The Bertz CT molecular complexity index is 5380. The summed E-state index contributed by atoms with van der Waals surface area (Å²) < 4.78 is 82.9. The molecule has 608 valence electrons. The first kappa shape index (κ1) is 86.3. The van der Waals surface area contributed by atoms with E-state index in [1.165, 1.54) is 62.8 Å². The number of methoxy groups -OCH3 is 1. The van der Waals surface area contributed by atoms with E-state index >= 15 is 0 Å². The monoisotopic (exact) mass is 1840 g/mol. The molecule has 0 aliphatic carbocycles. The Labute approximate surface area is 716 Å². The molecule has 0 bridgehead atoms. The summed E-state index contributed by atoms with van der Waals surface area (Å²) in [6.07, 6.45) is 16.4. The van der Waals surface area contributed by atoms with Crippen molar-refractivity contribution in [2.45, 2.75) is 129 Å². The lowest BCUT2D eigenvalue weighted by Gasteiger charge is -2.14. The summed E-state index contributed by atoms with van der Waals surface area (Å²) in [6, 6.07) is 30.5. The highest BCUT2D eigenvalue weighted by atomic mass is 79.9. The second-order valence-corrected chi connectivity index (χ2v) is 36.7. The molecular formula is C85H84Br2Cl3F5N12O5S4. The van der Waals surface area contributed by atoms with Crippen molar-refractivity contribution in [3.63, 3.8) is 0 Å². The number of Topliss-reactive ketones (excluding diaryl/α,β-unsaturated/α-hetero) is 4. The molecule has 4 aliphatic heterocycles. The highest BCUT2D eigenvalue weighted by Gasteiger charge is 2.33. The summed E-state index contributed by atoms with van der Waals surface area (Å²) in [5.74, 6) is -4.68. The van der Waals surface area contributed by atoms with Gasteiger partial charge in [0.2, 0.25) is 0 Å². The van der Waals surface area contributed by atoms with Gasteiger partial charge in [0.15, 0.2) is 40.6 Å². The van der Waals surface area contributed by atoms with Crippen molar-refractivity contribution in [2.24, 2.45) is 46.6 Å². The van der Waals surface area contributed by atoms with E-state index in [0.717, 1.165) is 167 Å². The Morgan fingerprint density at radius 2 is 0.845 bits per heavy atom. The Morgan fingerprint density at radius 1 is 0.466 bits per heavy atom. The van der Waals surface area contributed by atoms with Crippen LogP contribution in [0.4, 0.5) is 22.0 Å². The maximum absolute atomic E-state index is 14.0. The number of carbonyl (C=O) groups is 4. The van der Waals surface area contributed by atoms with Crippen molar-refractivity contribution in [2.75, 3.05) is 33.3 Å². The van der Waals surface area contributed by atoms with Gasteiger partial charge in [0, 0.05) is 106 Å². The zero-order chi connectivity index (χ0) is 82.0. The van der Waals surface area contributed by atoms with Crippen LogP contribution < -0.4 is 22.9 Å². The summed E-state index contributed by atoms with van der Waals surface area (Å²) in [5, 5.41) is 19.4. The Morgan fingerprint density at radius 3 is 1.28 bits per heavy atom. The maximum Gasteiger partial charge on any atom is 0.194 e. The number of hydrogen-bond acceptors (Lipinski definition) is 17. The standard InChI is InChI=1S/C22H23ClFN3O2S.C21H19BrF3N3OS.C21H21BrFN3OS.C21H21Cl2N3OS/c1-29-19-5-6-27-21(17(23)12-26-27)16-10-20(30-22(16)19)18(28)9-14(11-25)7-13-3-2-4-15(24)8-13;22-14-10-27-28-5-1-2-17-13(21(14)28)8-18(30-17)16(29)7-11(9-26)6-12-3-4-15(23)20(25)19(12)24;22-17-12-25-26-6-2-5-19-16(21(17)26)10-20(28-19)18(27)9-14(11-24)7-13-3-1-4-15(23)8-13;22-15-4-1-3-13(8-15)7-14(11-24)9-18(27)20-10-16-19(28-20)5-2-6-26-21(16)17(23)12-25-26/h2-4,8,10,12,14,19H,5-7,9,11,25H2,1H3;3-4,8,10-11H,1-2,5-7,9,26H2;2*1,3-4,8,10,12,14H,2,5-7,9,11,24H2/t14-,19?;11-;2*14-/m1111/s1. The number of aryl methyl sites for hydroxylation is 7. The molecule has 17 nitrogen and oxygen atoms in total. The fraction of sp³-hybridized carbons (Fsp3) is 0.341. The number of fused-ring (bicyclic) bond motifs is 12. The highest BCUT2D eigenvalue weighted by molar-refractivity contribution is 9.11. The van der Waals surface area contributed by atoms with E-state index in [-0.39, 0.29) is 89.5 Å². The van der Waals surface area contributed by atoms with Gasteiger partial charge in [-0.15, -0.1) is 45.3 Å². The molecule has 0 spiro atoms. The zero-order valence-corrected chi connectivity index (χ0v) is 71.9. The summed E-state index contributed by atoms with van der Waals surface area (Å²) in [6.45, 7) is 4.60. The minimum atomic E-state index is -1.50. The molecule has 0 saturated heterocycles. The fourth-order valence-electron chi connectivity index (χ4n) is 15.2. The molecule has 12 heterocycles. The SMILES string of the molecule is COC1CCn2ncc(Cl)c2-c2cc(C(=O)C[C@H](CN)Cc3cccc(F)c3)sc21.NC[C@@H](CC(=O)c1cc2c(s1)CCCn1ncc(Br)c1-2)Cc1ccc(F)c(F)c1F.NC[C@@H](CC(=O)c1cc2c(s1)CCCn1ncc(Br)c1-2)Cc1cccc(F)c1.NC[C@@H](CC(=O)c1cc2c(s1)CCCn1ncc(Cl)c1-2)Cc1cccc(Cl)c1. The second kappa shape index (κ2) is 39.6. The minimum absolute atomic E-state index is 0.00605. The Kier molecular flexibility index (Phi) is 29.5. The average Bonchev–Trinajstić information content (AvgIpc) is 1.62. The highest BCUT2D eigenvalue weighted by Crippen LogP contribution is 2.46.